The van der Waals surface area contributed by atoms with Crippen molar-refractivity contribution in [1.29, 1.82) is 0 Å². The van der Waals surface area contributed by atoms with Gasteiger partial charge in [-0.3, -0.25) is 0 Å². The fourth-order valence-corrected chi connectivity index (χ4v) is 1.25. The Balaban J connectivity index is 3.22. The summed E-state index contributed by atoms with van der Waals surface area (Å²) in [5, 5.41) is 16.6. The molecule has 0 aliphatic carbocycles. The highest BCUT2D eigenvalue weighted by molar-refractivity contribution is 5.79. The van der Waals surface area contributed by atoms with E-state index in [0.29, 0.717) is 0 Å². The first-order valence-corrected chi connectivity index (χ1v) is 5.42. The quantitative estimate of drug-likeness (QED) is 0.468. The maximum Gasteiger partial charge on any atom is 0.327 e. The standard InChI is InChI=1S/C12H18O4/c13-11(14)9-7-5-3-1-2-4-6-8-10-12(15)16/h7-10H,1-6H2,(H,13,14)(H,15,16)/b9-7+,10-8+. The van der Waals surface area contributed by atoms with E-state index in [1.807, 2.05) is 0 Å². The zero-order chi connectivity index (χ0) is 12.2. The van der Waals surface area contributed by atoms with E-state index in [9.17, 15) is 9.59 Å². The number of rotatable bonds is 9. The van der Waals surface area contributed by atoms with E-state index in [1.54, 1.807) is 12.2 Å². The number of aliphatic carboxylic acids is 2. The van der Waals surface area contributed by atoms with Gasteiger partial charge in [0.25, 0.3) is 0 Å². The van der Waals surface area contributed by atoms with Crippen LogP contribution in [0.1, 0.15) is 38.5 Å². The van der Waals surface area contributed by atoms with Crippen LogP contribution in [0.25, 0.3) is 0 Å². The van der Waals surface area contributed by atoms with Crippen LogP contribution in [0.4, 0.5) is 0 Å². The van der Waals surface area contributed by atoms with Crippen LogP contribution >= 0.6 is 0 Å². The van der Waals surface area contributed by atoms with Crippen LogP contribution in [0.15, 0.2) is 24.3 Å². The van der Waals surface area contributed by atoms with Crippen LogP contribution in [0.5, 0.6) is 0 Å². The summed E-state index contributed by atoms with van der Waals surface area (Å²) in [6.07, 6.45) is 11.3. The average Bonchev–Trinajstić information content (AvgIpc) is 2.20. The van der Waals surface area contributed by atoms with Gasteiger partial charge in [0, 0.05) is 12.2 Å². The van der Waals surface area contributed by atoms with Gasteiger partial charge in [0.1, 0.15) is 0 Å². The minimum Gasteiger partial charge on any atom is -0.478 e. The van der Waals surface area contributed by atoms with Crippen LogP contribution < -0.4 is 0 Å². The first-order valence-electron chi connectivity index (χ1n) is 5.42. The van der Waals surface area contributed by atoms with Crippen molar-refractivity contribution in [3.05, 3.63) is 24.3 Å². The summed E-state index contributed by atoms with van der Waals surface area (Å²) in [5.74, 6) is -1.81. The molecule has 0 fully saturated rings. The van der Waals surface area contributed by atoms with Crippen molar-refractivity contribution in [1.82, 2.24) is 0 Å². The first kappa shape index (κ1) is 14.4. The van der Waals surface area contributed by atoms with Crippen molar-refractivity contribution in [3.63, 3.8) is 0 Å². The van der Waals surface area contributed by atoms with Crippen LogP contribution in [0, 0.1) is 0 Å². The third-order valence-electron chi connectivity index (χ3n) is 2.01. The van der Waals surface area contributed by atoms with E-state index >= 15 is 0 Å². The Bertz CT molecular complexity index is 238. The third kappa shape index (κ3) is 12.4. The zero-order valence-corrected chi connectivity index (χ0v) is 9.26. The van der Waals surface area contributed by atoms with Gasteiger partial charge in [-0.25, -0.2) is 9.59 Å². The Morgan fingerprint density at radius 2 is 1.12 bits per heavy atom. The Kier molecular flexibility index (Phi) is 8.97. The van der Waals surface area contributed by atoms with Crippen molar-refractivity contribution >= 4 is 11.9 Å². The second kappa shape index (κ2) is 9.96. The minimum atomic E-state index is -0.904. The zero-order valence-electron chi connectivity index (χ0n) is 9.26. The summed E-state index contributed by atoms with van der Waals surface area (Å²) in [6, 6.07) is 0. The summed E-state index contributed by atoms with van der Waals surface area (Å²) >= 11 is 0. The fraction of sp³-hybridized carbons (Fsp3) is 0.500. The Hall–Kier alpha value is -1.58. The molecular formula is C12H18O4. The molecule has 0 amide bonds. The summed E-state index contributed by atoms with van der Waals surface area (Å²) in [5.41, 5.74) is 0. The Labute approximate surface area is 95.3 Å². The van der Waals surface area contributed by atoms with E-state index in [1.165, 1.54) is 0 Å². The summed E-state index contributed by atoms with van der Waals surface area (Å²) in [7, 11) is 0. The number of unbranched alkanes of at least 4 members (excludes halogenated alkanes) is 5. The lowest BCUT2D eigenvalue weighted by atomic mass is 10.1. The SMILES string of the molecule is O=C(O)/C=C/CCCCCC/C=C/C(=O)O. The lowest BCUT2D eigenvalue weighted by Crippen LogP contribution is -1.86. The molecule has 4 nitrogen and oxygen atoms in total. The van der Waals surface area contributed by atoms with E-state index in [4.69, 9.17) is 10.2 Å². The second-order valence-corrected chi connectivity index (χ2v) is 3.47. The van der Waals surface area contributed by atoms with E-state index < -0.39 is 11.9 Å². The number of hydrogen-bond acceptors (Lipinski definition) is 2. The van der Waals surface area contributed by atoms with Crippen LogP contribution in [0.3, 0.4) is 0 Å². The van der Waals surface area contributed by atoms with Gasteiger partial charge in [-0.05, 0) is 25.7 Å². The van der Waals surface area contributed by atoms with E-state index in [0.717, 1.165) is 50.7 Å². The van der Waals surface area contributed by atoms with Gasteiger partial charge in [-0.2, -0.15) is 0 Å². The molecule has 0 aromatic rings. The minimum absolute atomic E-state index is 0.789. The molecule has 0 unspecified atom stereocenters. The molecule has 0 aliphatic heterocycles. The number of carbonyl (C=O) groups is 2. The molecule has 0 aromatic heterocycles. The monoisotopic (exact) mass is 226 g/mol. The molecule has 0 rings (SSSR count). The van der Waals surface area contributed by atoms with Crippen LogP contribution in [0.2, 0.25) is 0 Å². The molecule has 0 saturated carbocycles. The molecule has 16 heavy (non-hydrogen) atoms. The number of carboxylic acids is 2. The highest BCUT2D eigenvalue weighted by Gasteiger charge is 1.90. The molecule has 0 aliphatic rings. The summed E-state index contributed by atoms with van der Waals surface area (Å²) in [4.78, 5) is 20.2. The van der Waals surface area contributed by atoms with Gasteiger partial charge in [-0.15, -0.1) is 0 Å². The van der Waals surface area contributed by atoms with Gasteiger partial charge in [-0.1, -0.05) is 25.0 Å². The van der Waals surface area contributed by atoms with Crippen LogP contribution in [-0.2, 0) is 9.59 Å². The molecule has 0 radical (unpaired) electrons. The predicted molar refractivity (Wildman–Crippen MR) is 61.3 cm³/mol. The largest absolute Gasteiger partial charge is 0.478 e. The molecular weight excluding hydrogens is 208 g/mol. The lowest BCUT2D eigenvalue weighted by Gasteiger charge is -1.96. The molecule has 90 valence electrons. The topological polar surface area (TPSA) is 74.6 Å². The third-order valence-corrected chi connectivity index (χ3v) is 2.01. The average molecular weight is 226 g/mol. The molecule has 4 heteroatoms. The summed E-state index contributed by atoms with van der Waals surface area (Å²) in [6.45, 7) is 0. The molecule has 0 atom stereocenters. The molecule has 0 aromatic carbocycles. The molecule has 0 bridgehead atoms. The number of carboxylic acid groups (broad SMARTS) is 2. The molecule has 0 saturated heterocycles. The number of hydrogen-bond donors (Lipinski definition) is 2. The van der Waals surface area contributed by atoms with Crippen molar-refractivity contribution in [3.8, 4) is 0 Å². The second-order valence-electron chi connectivity index (χ2n) is 3.47. The lowest BCUT2D eigenvalue weighted by molar-refractivity contribution is -0.132. The Morgan fingerprint density at radius 3 is 1.44 bits per heavy atom. The Morgan fingerprint density at radius 1 is 0.750 bits per heavy atom. The smallest absolute Gasteiger partial charge is 0.327 e. The molecule has 0 heterocycles. The van der Waals surface area contributed by atoms with Gasteiger partial charge < -0.3 is 10.2 Å². The highest BCUT2D eigenvalue weighted by atomic mass is 16.4. The summed E-state index contributed by atoms with van der Waals surface area (Å²) < 4.78 is 0. The van der Waals surface area contributed by atoms with E-state index in [-0.39, 0.29) is 0 Å². The first-order chi connectivity index (χ1) is 7.63. The van der Waals surface area contributed by atoms with Crippen molar-refractivity contribution in [2.75, 3.05) is 0 Å². The van der Waals surface area contributed by atoms with Gasteiger partial charge >= 0.3 is 11.9 Å². The van der Waals surface area contributed by atoms with E-state index in [2.05, 4.69) is 0 Å². The fourth-order valence-electron chi connectivity index (χ4n) is 1.25. The van der Waals surface area contributed by atoms with Gasteiger partial charge in [0.15, 0.2) is 0 Å². The maximum atomic E-state index is 10.1. The number of allylic oxidation sites excluding steroid dienone is 2. The van der Waals surface area contributed by atoms with Crippen LogP contribution in [-0.4, -0.2) is 22.2 Å². The predicted octanol–water partition coefficient (Wildman–Crippen LogP) is 2.61. The molecule has 2 N–H and O–H groups in total. The van der Waals surface area contributed by atoms with Gasteiger partial charge in [0.05, 0.1) is 0 Å². The highest BCUT2D eigenvalue weighted by Crippen LogP contribution is 2.06. The normalized spacial score (nSPS) is 11.2. The van der Waals surface area contributed by atoms with Crippen molar-refractivity contribution in [2.45, 2.75) is 38.5 Å². The molecule has 0 spiro atoms. The maximum absolute atomic E-state index is 10.1. The van der Waals surface area contributed by atoms with Crippen molar-refractivity contribution in [2.24, 2.45) is 0 Å². The van der Waals surface area contributed by atoms with Gasteiger partial charge in [0.2, 0.25) is 0 Å². The van der Waals surface area contributed by atoms with Crippen molar-refractivity contribution < 1.29 is 19.8 Å².